The van der Waals surface area contributed by atoms with Crippen molar-refractivity contribution in [2.45, 2.75) is 103 Å². The molecule has 2 aliphatic heterocycles. The van der Waals surface area contributed by atoms with Crippen LogP contribution in [0.15, 0.2) is 47.5 Å². The van der Waals surface area contributed by atoms with Gasteiger partial charge in [0.05, 0.1) is 32.9 Å². The summed E-state index contributed by atoms with van der Waals surface area (Å²) < 4.78 is 0. The van der Waals surface area contributed by atoms with E-state index in [1.807, 2.05) is 0 Å². The molecule has 2 fully saturated rings. The minimum atomic E-state index is -0.337. The fraction of sp³-hybridized carbons (Fsp3) is 0.486. The smallest absolute Gasteiger partial charge is 0.253 e. The first-order chi connectivity index (χ1) is 22.2. The van der Waals surface area contributed by atoms with E-state index in [0.29, 0.717) is 33.7 Å². The second-order valence-corrected chi connectivity index (χ2v) is 13.6. The number of hydrogen-bond acceptors (Lipinski definition) is 4. The summed E-state index contributed by atoms with van der Waals surface area (Å²) in [5.41, 5.74) is 3.89. The Labute approximate surface area is 292 Å². The highest BCUT2D eigenvalue weighted by molar-refractivity contribution is 6.42. The normalized spacial score (nSPS) is 17.7. The van der Waals surface area contributed by atoms with Crippen LogP contribution >= 0.6 is 46.4 Å². The number of aliphatic imine (C=N–C) groups is 1. The summed E-state index contributed by atoms with van der Waals surface area (Å²) >= 11 is 25.0. The monoisotopic (exact) mass is 706 g/mol. The lowest BCUT2D eigenvalue weighted by molar-refractivity contribution is -0.122. The molecule has 0 spiro atoms. The Morgan fingerprint density at radius 2 is 1.43 bits per heavy atom. The number of nitrogens with one attached hydrogen (secondary N) is 1. The summed E-state index contributed by atoms with van der Waals surface area (Å²) in [6.45, 7) is 2.25. The van der Waals surface area contributed by atoms with Crippen molar-refractivity contribution < 1.29 is 14.4 Å². The number of imide groups is 1. The number of carbonyl (C=O) groups is 3. The molecule has 7 nitrogen and oxygen atoms in total. The van der Waals surface area contributed by atoms with Crippen LogP contribution in [0.1, 0.15) is 103 Å². The van der Waals surface area contributed by atoms with Crippen LogP contribution < -0.4 is 15.3 Å². The molecule has 0 bridgehead atoms. The number of anilines is 2. The van der Waals surface area contributed by atoms with Gasteiger partial charge >= 0.3 is 0 Å². The summed E-state index contributed by atoms with van der Waals surface area (Å²) in [5.74, 6) is -0.813. The summed E-state index contributed by atoms with van der Waals surface area (Å²) in [7, 11) is 0. The third kappa shape index (κ3) is 9.96. The predicted molar refractivity (Wildman–Crippen MR) is 191 cm³/mol. The van der Waals surface area contributed by atoms with E-state index in [-0.39, 0.29) is 52.2 Å². The van der Waals surface area contributed by atoms with Gasteiger partial charge in [0.2, 0.25) is 11.8 Å². The standard InChI is InChI=1S/C35H42Cl4N4O3/c1-2-3-4-5-6-7-8-9-10-11-12-13-14-15-16-24-19-32(44)42(35(24)46)26-17-18-27(37)30(22-26)40-31-23-33(45)43(41-31)34-28(38)20-25(36)21-29(34)39/h11-12,17-18,20-22,24H,2-10,13-16,19,23H2,1H3,(H,40,41)/b12-11+/t24-/m1/s1. The lowest BCUT2D eigenvalue weighted by atomic mass is 9.99. The lowest BCUT2D eigenvalue weighted by Gasteiger charge is -2.19. The van der Waals surface area contributed by atoms with Crippen molar-refractivity contribution in [2.24, 2.45) is 10.9 Å². The fourth-order valence-electron chi connectivity index (χ4n) is 5.79. The molecule has 0 radical (unpaired) electrons. The number of carbonyl (C=O) groups excluding carboxylic acids is 3. The Bertz CT molecular complexity index is 1440. The fourth-order valence-corrected chi connectivity index (χ4v) is 6.94. The summed E-state index contributed by atoms with van der Waals surface area (Å²) in [5, 5.41) is 2.25. The van der Waals surface area contributed by atoms with Crippen LogP contribution in [0.25, 0.3) is 0 Å². The van der Waals surface area contributed by atoms with Crippen molar-refractivity contribution in [3.8, 4) is 0 Å². The average molecular weight is 709 g/mol. The first-order valence-corrected chi connectivity index (χ1v) is 17.8. The summed E-state index contributed by atoms with van der Waals surface area (Å²) in [6, 6.07) is 7.78. The first kappa shape index (κ1) is 36.3. The van der Waals surface area contributed by atoms with Crippen molar-refractivity contribution in [1.82, 2.24) is 5.43 Å². The molecule has 0 aromatic heterocycles. The number of hydrazine groups is 1. The highest BCUT2D eigenvalue weighted by atomic mass is 35.5. The van der Waals surface area contributed by atoms with Crippen LogP contribution in [-0.4, -0.2) is 23.6 Å². The molecule has 248 valence electrons. The molecule has 11 heteroatoms. The topological polar surface area (TPSA) is 82.1 Å². The molecule has 2 aliphatic rings. The molecule has 2 heterocycles. The Morgan fingerprint density at radius 1 is 0.804 bits per heavy atom. The minimum absolute atomic E-state index is 0.0616. The molecule has 0 saturated carbocycles. The van der Waals surface area contributed by atoms with Crippen LogP contribution in [0.5, 0.6) is 0 Å². The van der Waals surface area contributed by atoms with Crippen LogP contribution in [0, 0.1) is 5.92 Å². The third-order valence-corrected chi connectivity index (χ3v) is 9.38. The van der Waals surface area contributed by atoms with E-state index in [2.05, 4.69) is 29.5 Å². The Balaban J connectivity index is 1.26. The Hall–Kier alpha value is -2.58. The number of unbranched alkanes of at least 4 members (excludes halogenated alkanes) is 10. The zero-order valence-corrected chi connectivity index (χ0v) is 29.3. The molecule has 2 aromatic rings. The quantitative estimate of drug-likeness (QED) is 0.101. The largest absolute Gasteiger partial charge is 0.277 e. The van der Waals surface area contributed by atoms with E-state index in [1.165, 1.54) is 73.4 Å². The van der Waals surface area contributed by atoms with Gasteiger partial charge in [-0.1, -0.05) is 117 Å². The van der Waals surface area contributed by atoms with Gasteiger partial charge in [-0.15, -0.1) is 0 Å². The molecule has 1 atom stereocenters. The lowest BCUT2D eigenvalue weighted by Crippen LogP contribution is -2.36. The molecule has 2 aromatic carbocycles. The summed E-state index contributed by atoms with van der Waals surface area (Å²) in [4.78, 5) is 44.8. The van der Waals surface area contributed by atoms with E-state index < -0.39 is 0 Å². The van der Waals surface area contributed by atoms with Crippen molar-refractivity contribution in [2.75, 3.05) is 9.91 Å². The first-order valence-electron chi connectivity index (χ1n) is 16.3. The van der Waals surface area contributed by atoms with E-state index in [4.69, 9.17) is 46.4 Å². The molecular weight excluding hydrogens is 666 g/mol. The maximum atomic E-state index is 13.3. The number of benzene rings is 2. The zero-order chi connectivity index (χ0) is 33.1. The Morgan fingerprint density at radius 3 is 2.11 bits per heavy atom. The van der Waals surface area contributed by atoms with Gasteiger partial charge in [0, 0.05) is 17.4 Å². The van der Waals surface area contributed by atoms with E-state index in [1.54, 1.807) is 18.2 Å². The van der Waals surface area contributed by atoms with Gasteiger partial charge in [-0.25, -0.2) is 10.0 Å². The predicted octanol–water partition coefficient (Wildman–Crippen LogP) is 10.8. The second kappa shape index (κ2) is 18.1. The maximum Gasteiger partial charge on any atom is 0.253 e. The average Bonchev–Trinajstić information content (AvgIpc) is 3.50. The number of nitrogens with zero attached hydrogens (tertiary/aromatic N) is 3. The van der Waals surface area contributed by atoms with Gasteiger partial charge < -0.3 is 0 Å². The molecule has 1 N–H and O–H groups in total. The highest BCUT2D eigenvalue weighted by Crippen LogP contribution is 2.38. The van der Waals surface area contributed by atoms with Crippen LogP contribution in [0.4, 0.5) is 17.1 Å². The molecule has 4 rings (SSSR count). The van der Waals surface area contributed by atoms with E-state index in [9.17, 15) is 14.4 Å². The van der Waals surface area contributed by atoms with Gasteiger partial charge in [-0.2, -0.15) is 0 Å². The van der Waals surface area contributed by atoms with Crippen molar-refractivity contribution >= 4 is 87.0 Å². The van der Waals surface area contributed by atoms with Gasteiger partial charge in [0.1, 0.15) is 11.5 Å². The number of rotatable bonds is 17. The summed E-state index contributed by atoms with van der Waals surface area (Å²) in [6.07, 6.45) is 19.9. The van der Waals surface area contributed by atoms with E-state index in [0.717, 1.165) is 25.7 Å². The maximum absolute atomic E-state index is 13.3. The number of hydrogen-bond donors (Lipinski definition) is 1. The molecule has 0 aliphatic carbocycles. The van der Waals surface area contributed by atoms with Gasteiger partial charge in [0.15, 0.2) is 0 Å². The van der Waals surface area contributed by atoms with Crippen LogP contribution in [0.2, 0.25) is 20.1 Å². The van der Waals surface area contributed by atoms with Gasteiger partial charge in [0.25, 0.3) is 5.91 Å². The van der Waals surface area contributed by atoms with Crippen molar-refractivity contribution in [3.05, 3.63) is 62.6 Å². The third-order valence-electron chi connectivity index (χ3n) is 8.26. The van der Waals surface area contributed by atoms with Gasteiger partial charge in [-0.05, 0) is 62.4 Å². The van der Waals surface area contributed by atoms with Crippen LogP contribution in [0.3, 0.4) is 0 Å². The van der Waals surface area contributed by atoms with E-state index >= 15 is 0 Å². The zero-order valence-electron chi connectivity index (χ0n) is 26.3. The number of amides is 3. The number of allylic oxidation sites excluding steroid dienone is 2. The Kier molecular flexibility index (Phi) is 14.3. The highest BCUT2D eigenvalue weighted by Gasteiger charge is 2.39. The molecule has 3 amide bonds. The minimum Gasteiger partial charge on any atom is -0.277 e. The van der Waals surface area contributed by atoms with Crippen molar-refractivity contribution in [1.29, 1.82) is 0 Å². The molecule has 2 saturated heterocycles. The van der Waals surface area contributed by atoms with Crippen molar-refractivity contribution in [3.63, 3.8) is 0 Å². The second-order valence-electron chi connectivity index (χ2n) is 11.9. The molecule has 46 heavy (non-hydrogen) atoms. The van der Waals surface area contributed by atoms with Crippen LogP contribution in [-0.2, 0) is 14.4 Å². The number of halogens is 4. The molecule has 0 unspecified atom stereocenters. The van der Waals surface area contributed by atoms with Gasteiger partial charge in [-0.3, -0.25) is 24.7 Å². The number of amidine groups is 1. The SMILES string of the molecule is CCCCCCCCCC/C=C/CCCC[C@@H]1CC(=O)N(c2ccc(Cl)c(N=C3CC(=O)N(c4c(Cl)cc(Cl)cc4Cl)N3)c2)C1=O. The molecular formula is C35H42Cl4N4O3.